The first-order chi connectivity index (χ1) is 4.75. The molecule has 3 heteroatoms. The first-order valence-electron chi connectivity index (χ1n) is 3.60. The van der Waals surface area contributed by atoms with E-state index in [1.54, 1.807) is 0 Å². The maximum Gasteiger partial charge on any atom is 0.225 e. The zero-order valence-corrected chi connectivity index (χ0v) is 6.90. The molecule has 10 heavy (non-hydrogen) atoms. The molecule has 1 aliphatic rings. The molecule has 1 heterocycles. The van der Waals surface area contributed by atoms with Gasteiger partial charge in [-0.1, -0.05) is 6.92 Å². The number of carbonyl (C=O) groups excluding carboxylic acids is 1. The first-order valence-corrected chi connectivity index (χ1v) is 4.14. The molecule has 0 N–H and O–H groups in total. The highest BCUT2D eigenvalue weighted by Gasteiger charge is 2.26. The Bertz CT molecular complexity index is 136. The number of hydrogen-bond acceptors (Lipinski definition) is 1. The van der Waals surface area contributed by atoms with Crippen LogP contribution in [-0.4, -0.2) is 29.8 Å². The average molecular weight is 162 g/mol. The van der Waals surface area contributed by atoms with Gasteiger partial charge in [0.1, 0.15) is 0 Å². The Kier molecular flexibility index (Phi) is 2.55. The number of rotatable bonds is 2. The van der Waals surface area contributed by atoms with Gasteiger partial charge in [-0.25, -0.2) is 0 Å². The summed E-state index contributed by atoms with van der Waals surface area (Å²) in [6, 6.07) is 0. The smallest absolute Gasteiger partial charge is 0.225 e. The molecule has 1 aliphatic heterocycles. The molecule has 0 aromatic rings. The summed E-state index contributed by atoms with van der Waals surface area (Å²) >= 11 is 5.50. The van der Waals surface area contributed by atoms with E-state index in [1.807, 2.05) is 11.8 Å². The SMILES string of the molecule is CC1CCN(CCCl)C1=O. The van der Waals surface area contributed by atoms with Gasteiger partial charge < -0.3 is 4.90 Å². The van der Waals surface area contributed by atoms with Gasteiger partial charge in [0.25, 0.3) is 0 Å². The lowest BCUT2D eigenvalue weighted by Crippen LogP contribution is -2.28. The van der Waals surface area contributed by atoms with E-state index in [0.29, 0.717) is 12.4 Å². The molecule has 58 valence electrons. The molecule has 0 radical (unpaired) electrons. The fraction of sp³-hybridized carbons (Fsp3) is 0.857. The summed E-state index contributed by atoms with van der Waals surface area (Å²) in [7, 11) is 0. The minimum atomic E-state index is 0.225. The van der Waals surface area contributed by atoms with Crippen molar-refractivity contribution in [1.29, 1.82) is 0 Å². The van der Waals surface area contributed by atoms with E-state index in [-0.39, 0.29) is 11.8 Å². The van der Waals surface area contributed by atoms with E-state index >= 15 is 0 Å². The topological polar surface area (TPSA) is 20.3 Å². The summed E-state index contributed by atoms with van der Waals surface area (Å²) < 4.78 is 0. The van der Waals surface area contributed by atoms with Crippen molar-refractivity contribution in [2.45, 2.75) is 13.3 Å². The summed E-state index contributed by atoms with van der Waals surface area (Å²) in [4.78, 5) is 13.0. The zero-order valence-electron chi connectivity index (χ0n) is 6.14. The monoisotopic (exact) mass is 161 g/mol. The third-order valence-corrected chi connectivity index (χ3v) is 2.09. The second-order valence-electron chi connectivity index (χ2n) is 2.70. The van der Waals surface area contributed by atoms with Crippen LogP contribution in [0.1, 0.15) is 13.3 Å². The quantitative estimate of drug-likeness (QED) is 0.556. The molecule has 1 unspecified atom stereocenters. The van der Waals surface area contributed by atoms with Crippen molar-refractivity contribution in [3.63, 3.8) is 0 Å². The summed E-state index contributed by atoms with van der Waals surface area (Å²) in [5.74, 6) is 1.04. The van der Waals surface area contributed by atoms with E-state index in [4.69, 9.17) is 11.6 Å². The van der Waals surface area contributed by atoms with E-state index < -0.39 is 0 Å². The van der Waals surface area contributed by atoms with Gasteiger partial charge in [0.15, 0.2) is 0 Å². The molecule has 1 rings (SSSR count). The summed E-state index contributed by atoms with van der Waals surface area (Å²) in [5.41, 5.74) is 0. The standard InChI is InChI=1S/C7H12ClNO/c1-6-2-4-9(5-3-8)7(6)10/h6H,2-5H2,1H3. The molecule has 0 aromatic heterocycles. The van der Waals surface area contributed by atoms with Gasteiger partial charge in [-0.05, 0) is 6.42 Å². The minimum absolute atomic E-state index is 0.225. The molecule has 0 spiro atoms. The van der Waals surface area contributed by atoms with Crippen LogP contribution in [0.2, 0.25) is 0 Å². The van der Waals surface area contributed by atoms with Crippen LogP contribution in [0.25, 0.3) is 0 Å². The van der Waals surface area contributed by atoms with Crippen molar-refractivity contribution in [2.75, 3.05) is 19.0 Å². The van der Waals surface area contributed by atoms with Crippen LogP contribution in [0.4, 0.5) is 0 Å². The van der Waals surface area contributed by atoms with Gasteiger partial charge in [-0.3, -0.25) is 4.79 Å². The molecule has 0 aromatic carbocycles. The molecule has 2 nitrogen and oxygen atoms in total. The van der Waals surface area contributed by atoms with Gasteiger partial charge in [0, 0.05) is 24.9 Å². The molecule has 0 saturated carbocycles. The number of likely N-dealkylation sites (tertiary alicyclic amines) is 1. The lowest BCUT2D eigenvalue weighted by Gasteiger charge is -2.13. The highest BCUT2D eigenvalue weighted by Crippen LogP contribution is 2.16. The Morgan fingerprint density at radius 3 is 2.90 bits per heavy atom. The van der Waals surface area contributed by atoms with E-state index in [0.717, 1.165) is 13.0 Å². The Hall–Kier alpha value is -0.240. The van der Waals surface area contributed by atoms with E-state index in [2.05, 4.69) is 0 Å². The van der Waals surface area contributed by atoms with Gasteiger partial charge in [0.2, 0.25) is 5.91 Å². The lowest BCUT2D eigenvalue weighted by atomic mass is 10.1. The normalized spacial score (nSPS) is 26.0. The molecular formula is C7H12ClNO. The summed E-state index contributed by atoms with van der Waals surface area (Å²) in [6.45, 7) is 3.58. The molecule has 0 aliphatic carbocycles. The maximum atomic E-state index is 11.2. The first kappa shape index (κ1) is 7.86. The predicted octanol–water partition coefficient (Wildman–Crippen LogP) is 1.09. The van der Waals surface area contributed by atoms with Gasteiger partial charge in [0.05, 0.1) is 0 Å². The maximum absolute atomic E-state index is 11.2. The van der Waals surface area contributed by atoms with Crippen molar-refractivity contribution in [2.24, 2.45) is 5.92 Å². The average Bonchev–Trinajstić information content (AvgIpc) is 2.20. The second-order valence-corrected chi connectivity index (χ2v) is 3.08. The number of carbonyl (C=O) groups is 1. The highest BCUT2D eigenvalue weighted by atomic mass is 35.5. The number of alkyl halides is 1. The Labute approximate surface area is 66.1 Å². The number of hydrogen-bond donors (Lipinski definition) is 0. The fourth-order valence-corrected chi connectivity index (χ4v) is 1.42. The van der Waals surface area contributed by atoms with Crippen LogP contribution < -0.4 is 0 Å². The van der Waals surface area contributed by atoms with Gasteiger partial charge in [-0.2, -0.15) is 0 Å². The number of halogens is 1. The molecule has 1 saturated heterocycles. The molecule has 1 fully saturated rings. The van der Waals surface area contributed by atoms with Crippen molar-refractivity contribution >= 4 is 17.5 Å². The molecule has 0 bridgehead atoms. The Morgan fingerprint density at radius 2 is 2.50 bits per heavy atom. The van der Waals surface area contributed by atoms with Gasteiger partial charge in [-0.15, -0.1) is 11.6 Å². The summed E-state index contributed by atoms with van der Waals surface area (Å²) in [6.07, 6.45) is 0.996. The van der Waals surface area contributed by atoms with E-state index in [9.17, 15) is 4.79 Å². The number of amides is 1. The van der Waals surface area contributed by atoms with Crippen molar-refractivity contribution in [3.8, 4) is 0 Å². The van der Waals surface area contributed by atoms with Crippen molar-refractivity contribution in [3.05, 3.63) is 0 Å². The van der Waals surface area contributed by atoms with Crippen LogP contribution in [-0.2, 0) is 4.79 Å². The third-order valence-electron chi connectivity index (χ3n) is 1.92. The van der Waals surface area contributed by atoms with E-state index in [1.165, 1.54) is 0 Å². The fourth-order valence-electron chi connectivity index (χ4n) is 1.22. The Morgan fingerprint density at radius 1 is 1.80 bits per heavy atom. The van der Waals surface area contributed by atoms with Crippen LogP contribution in [0.15, 0.2) is 0 Å². The van der Waals surface area contributed by atoms with Gasteiger partial charge >= 0.3 is 0 Å². The van der Waals surface area contributed by atoms with Crippen LogP contribution in [0.5, 0.6) is 0 Å². The zero-order chi connectivity index (χ0) is 7.56. The van der Waals surface area contributed by atoms with Crippen LogP contribution in [0.3, 0.4) is 0 Å². The minimum Gasteiger partial charge on any atom is -0.341 e. The molecule has 1 atom stereocenters. The lowest BCUT2D eigenvalue weighted by molar-refractivity contribution is -0.130. The highest BCUT2D eigenvalue weighted by molar-refractivity contribution is 6.18. The summed E-state index contributed by atoms with van der Waals surface area (Å²) in [5, 5.41) is 0. The second kappa shape index (κ2) is 3.24. The number of nitrogens with zero attached hydrogens (tertiary/aromatic N) is 1. The van der Waals surface area contributed by atoms with Crippen molar-refractivity contribution in [1.82, 2.24) is 4.90 Å². The largest absolute Gasteiger partial charge is 0.341 e. The van der Waals surface area contributed by atoms with Crippen LogP contribution in [0, 0.1) is 5.92 Å². The Balaban J connectivity index is 2.41. The predicted molar refractivity (Wildman–Crippen MR) is 41.1 cm³/mol. The van der Waals surface area contributed by atoms with Crippen molar-refractivity contribution < 1.29 is 4.79 Å². The molecular weight excluding hydrogens is 150 g/mol. The van der Waals surface area contributed by atoms with Crippen LogP contribution >= 0.6 is 11.6 Å². The third kappa shape index (κ3) is 1.43. The molecule has 1 amide bonds.